The molecule has 1 saturated carbocycles. The standard InChI is InChI=1S/C13H25N3O/c1-10-4-2-3-5-12(10)16-13(17)15-11-6-8-14-9-7-11/h10-12,14H,2-9H2,1H3,(H2,15,16,17)/t10-,12?/m0/s1. The summed E-state index contributed by atoms with van der Waals surface area (Å²) in [7, 11) is 0. The van der Waals surface area contributed by atoms with Crippen LogP contribution in [0.4, 0.5) is 4.79 Å². The zero-order chi connectivity index (χ0) is 12.1. The van der Waals surface area contributed by atoms with Gasteiger partial charge in [-0.25, -0.2) is 4.79 Å². The molecule has 2 aliphatic rings. The second-order valence-corrected chi connectivity index (χ2v) is 5.51. The summed E-state index contributed by atoms with van der Waals surface area (Å²) in [5, 5.41) is 9.55. The second-order valence-electron chi connectivity index (χ2n) is 5.51. The molecule has 0 bridgehead atoms. The van der Waals surface area contributed by atoms with Crippen molar-refractivity contribution in [1.29, 1.82) is 0 Å². The van der Waals surface area contributed by atoms with Crippen LogP contribution in [-0.2, 0) is 0 Å². The van der Waals surface area contributed by atoms with Crippen molar-refractivity contribution < 1.29 is 4.79 Å². The van der Waals surface area contributed by atoms with Gasteiger partial charge in [0.25, 0.3) is 0 Å². The topological polar surface area (TPSA) is 53.2 Å². The van der Waals surface area contributed by atoms with Gasteiger partial charge in [-0.2, -0.15) is 0 Å². The maximum atomic E-state index is 11.9. The van der Waals surface area contributed by atoms with Gasteiger partial charge in [-0.3, -0.25) is 0 Å². The second kappa shape index (κ2) is 6.24. The van der Waals surface area contributed by atoms with Crippen molar-refractivity contribution in [1.82, 2.24) is 16.0 Å². The Morgan fingerprint density at radius 3 is 2.47 bits per heavy atom. The Bertz CT molecular complexity index is 251. The Labute approximate surface area is 104 Å². The van der Waals surface area contributed by atoms with Gasteiger partial charge in [0.05, 0.1) is 0 Å². The van der Waals surface area contributed by atoms with Gasteiger partial charge in [-0.1, -0.05) is 19.8 Å². The van der Waals surface area contributed by atoms with Gasteiger partial charge < -0.3 is 16.0 Å². The fourth-order valence-corrected chi connectivity index (χ4v) is 2.89. The molecule has 0 aromatic rings. The maximum absolute atomic E-state index is 11.9. The molecule has 1 unspecified atom stereocenters. The van der Waals surface area contributed by atoms with E-state index in [4.69, 9.17) is 0 Å². The third kappa shape index (κ3) is 3.87. The summed E-state index contributed by atoms with van der Waals surface area (Å²) in [5.41, 5.74) is 0. The predicted molar refractivity (Wildman–Crippen MR) is 69.0 cm³/mol. The molecule has 1 saturated heterocycles. The van der Waals surface area contributed by atoms with Crippen molar-refractivity contribution in [2.45, 2.75) is 57.5 Å². The first-order valence-electron chi connectivity index (χ1n) is 7.03. The van der Waals surface area contributed by atoms with Gasteiger partial charge in [0, 0.05) is 12.1 Å². The molecule has 2 fully saturated rings. The van der Waals surface area contributed by atoms with E-state index in [2.05, 4.69) is 22.9 Å². The molecule has 0 aromatic heterocycles. The van der Waals surface area contributed by atoms with Gasteiger partial charge in [-0.05, 0) is 44.7 Å². The van der Waals surface area contributed by atoms with Crippen LogP contribution in [0.15, 0.2) is 0 Å². The van der Waals surface area contributed by atoms with Crippen molar-refractivity contribution in [3.05, 3.63) is 0 Å². The lowest BCUT2D eigenvalue weighted by molar-refractivity contribution is 0.215. The highest BCUT2D eigenvalue weighted by atomic mass is 16.2. The van der Waals surface area contributed by atoms with Crippen molar-refractivity contribution in [2.75, 3.05) is 13.1 Å². The van der Waals surface area contributed by atoms with Crippen molar-refractivity contribution in [3.63, 3.8) is 0 Å². The lowest BCUT2D eigenvalue weighted by Crippen LogP contribution is -2.51. The highest BCUT2D eigenvalue weighted by Gasteiger charge is 2.23. The molecule has 2 amide bonds. The first-order chi connectivity index (χ1) is 8.25. The number of nitrogens with one attached hydrogen (secondary N) is 3. The molecule has 1 aliphatic carbocycles. The van der Waals surface area contributed by atoms with E-state index in [1.807, 2.05) is 0 Å². The van der Waals surface area contributed by atoms with Gasteiger partial charge in [-0.15, -0.1) is 0 Å². The van der Waals surface area contributed by atoms with Crippen LogP contribution in [-0.4, -0.2) is 31.2 Å². The number of carbonyl (C=O) groups is 1. The van der Waals surface area contributed by atoms with E-state index >= 15 is 0 Å². The van der Waals surface area contributed by atoms with Crippen LogP contribution in [0.2, 0.25) is 0 Å². The third-order valence-corrected chi connectivity index (χ3v) is 4.10. The zero-order valence-electron chi connectivity index (χ0n) is 10.8. The molecule has 4 nitrogen and oxygen atoms in total. The summed E-state index contributed by atoms with van der Waals surface area (Å²) >= 11 is 0. The Morgan fingerprint density at radius 1 is 1.06 bits per heavy atom. The normalized spacial score (nSPS) is 30.9. The highest BCUT2D eigenvalue weighted by molar-refractivity contribution is 5.74. The lowest BCUT2D eigenvalue weighted by atomic mass is 9.86. The number of urea groups is 1. The van der Waals surface area contributed by atoms with Crippen LogP contribution in [0.3, 0.4) is 0 Å². The van der Waals surface area contributed by atoms with Crippen LogP contribution in [0.25, 0.3) is 0 Å². The SMILES string of the molecule is C[C@H]1CCCCC1NC(=O)NC1CCNCC1. The number of carbonyl (C=O) groups excluding carboxylic acids is 1. The number of hydrogen-bond donors (Lipinski definition) is 3. The van der Waals surface area contributed by atoms with E-state index in [0.29, 0.717) is 18.0 Å². The van der Waals surface area contributed by atoms with Crippen LogP contribution in [0.5, 0.6) is 0 Å². The molecule has 1 aliphatic heterocycles. The minimum atomic E-state index is 0.0376. The lowest BCUT2D eigenvalue weighted by Gasteiger charge is -2.31. The quantitative estimate of drug-likeness (QED) is 0.686. The van der Waals surface area contributed by atoms with E-state index < -0.39 is 0 Å². The average molecular weight is 239 g/mol. The minimum absolute atomic E-state index is 0.0376. The van der Waals surface area contributed by atoms with Crippen LogP contribution in [0.1, 0.15) is 45.4 Å². The zero-order valence-corrected chi connectivity index (χ0v) is 10.8. The van der Waals surface area contributed by atoms with E-state index in [-0.39, 0.29) is 6.03 Å². The van der Waals surface area contributed by atoms with Crippen molar-refractivity contribution >= 4 is 6.03 Å². The maximum Gasteiger partial charge on any atom is 0.315 e. The summed E-state index contributed by atoms with van der Waals surface area (Å²) in [6.07, 6.45) is 7.05. The summed E-state index contributed by atoms with van der Waals surface area (Å²) in [6, 6.07) is 0.774. The minimum Gasteiger partial charge on any atom is -0.335 e. The van der Waals surface area contributed by atoms with Gasteiger partial charge >= 0.3 is 6.03 Å². The van der Waals surface area contributed by atoms with Crippen LogP contribution < -0.4 is 16.0 Å². The van der Waals surface area contributed by atoms with Crippen LogP contribution in [0, 0.1) is 5.92 Å². The Balaban J connectivity index is 1.72. The fourth-order valence-electron chi connectivity index (χ4n) is 2.89. The van der Waals surface area contributed by atoms with Gasteiger partial charge in [0.1, 0.15) is 0 Å². The number of hydrogen-bond acceptors (Lipinski definition) is 2. The number of amides is 2. The summed E-state index contributed by atoms with van der Waals surface area (Å²) in [4.78, 5) is 11.9. The first kappa shape index (κ1) is 12.7. The molecule has 0 aromatic carbocycles. The molecular formula is C13H25N3O. The molecule has 17 heavy (non-hydrogen) atoms. The summed E-state index contributed by atoms with van der Waals surface area (Å²) in [6.45, 7) is 4.28. The number of rotatable bonds is 2. The molecule has 0 spiro atoms. The molecule has 4 heteroatoms. The molecule has 98 valence electrons. The Morgan fingerprint density at radius 2 is 1.76 bits per heavy atom. The molecule has 1 heterocycles. The van der Waals surface area contributed by atoms with E-state index in [1.165, 1.54) is 19.3 Å². The number of piperidine rings is 1. The van der Waals surface area contributed by atoms with E-state index in [9.17, 15) is 4.79 Å². The van der Waals surface area contributed by atoms with Crippen molar-refractivity contribution in [3.8, 4) is 0 Å². The first-order valence-corrected chi connectivity index (χ1v) is 7.03. The largest absolute Gasteiger partial charge is 0.335 e. The summed E-state index contributed by atoms with van der Waals surface area (Å²) in [5.74, 6) is 0.627. The molecule has 2 atom stereocenters. The van der Waals surface area contributed by atoms with Gasteiger partial charge in [0.2, 0.25) is 0 Å². The van der Waals surface area contributed by atoms with Gasteiger partial charge in [0.15, 0.2) is 0 Å². The average Bonchev–Trinajstić information content (AvgIpc) is 2.33. The van der Waals surface area contributed by atoms with Crippen LogP contribution >= 0.6 is 0 Å². The Kier molecular flexibility index (Phi) is 4.66. The molecule has 2 rings (SSSR count). The predicted octanol–water partition coefficient (Wildman–Crippen LogP) is 1.62. The monoisotopic (exact) mass is 239 g/mol. The Hall–Kier alpha value is -0.770. The summed E-state index contributed by atoms with van der Waals surface area (Å²) < 4.78 is 0. The third-order valence-electron chi connectivity index (χ3n) is 4.10. The van der Waals surface area contributed by atoms with E-state index in [1.54, 1.807) is 0 Å². The molecule has 3 N–H and O–H groups in total. The fraction of sp³-hybridized carbons (Fsp3) is 0.923. The highest BCUT2D eigenvalue weighted by Crippen LogP contribution is 2.23. The van der Waals surface area contributed by atoms with Crippen molar-refractivity contribution in [2.24, 2.45) is 5.92 Å². The molecule has 0 radical (unpaired) electrons. The smallest absolute Gasteiger partial charge is 0.315 e. The molecular weight excluding hydrogens is 214 g/mol. The van der Waals surface area contributed by atoms with E-state index in [0.717, 1.165) is 32.4 Å².